The van der Waals surface area contributed by atoms with Crippen LogP contribution in [0.3, 0.4) is 0 Å². The Morgan fingerprint density at radius 1 is 1.19 bits per heavy atom. The van der Waals surface area contributed by atoms with Crippen molar-refractivity contribution in [3.63, 3.8) is 0 Å². The maximum atomic E-state index is 10.5. The molecule has 4 nitrogen and oxygen atoms in total. The first kappa shape index (κ1) is 12.8. The predicted octanol–water partition coefficient (Wildman–Crippen LogP) is 2.24. The molecule has 0 radical (unpaired) electrons. The molecule has 88 valence electrons. The molecule has 0 aromatic heterocycles. The fraction of sp³-hybridized carbons (Fsp3) is 0.833. The topological polar surface area (TPSA) is 58.9 Å². The van der Waals surface area contributed by atoms with Crippen molar-refractivity contribution < 1.29 is 9.59 Å². The van der Waals surface area contributed by atoms with Crippen LogP contribution in [0, 0.1) is 11.3 Å². The average molecular weight is 222 g/mol. The quantitative estimate of drug-likeness (QED) is 0.531. The molecule has 0 saturated heterocycles. The number of carbonyl (C=O) groups excluding carboxylic acids is 2. The Morgan fingerprint density at radius 2 is 1.81 bits per heavy atom. The number of hydrogen-bond acceptors (Lipinski definition) is 4. The normalized spacial score (nSPS) is 37.0. The maximum absolute atomic E-state index is 10.5. The van der Waals surface area contributed by atoms with Gasteiger partial charge in [-0.2, -0.15) is 4.99 Å². The lowest BCUT2D eigenvalue weighted by atomic mass is 9.59. The fourth-order valence-corrected chi connectivity index (χ4v) is 2.63. The molecule has 1 saturated carbocycles. The molecule has 3 unspecified atom stereocenters. The second kappa shape index (κ2) is 4.32. The number of hydrogen-bond donors (Lipinski definition) is 0. The molecule has 0 bridgehead atoms. The van der Waals surface area contributed by atoms with Gasteiger partial charge < -0.3 is 0 Å². The van der Waals surface area contributed by atoms with Crippen molar-refractivity contribution in [2.75, 3.05) is 0 Å². The molecule has 4 heteroatoms. The Kier molecular flexibility index (Phi) is 3.47. The van der Waals surface area contributed by atoms with Crippen molar-refractivity contribution in [3.05, 3.63) is 0 Å². The second-order valence-corrected chi connectivity index (χ2v) is 5.48. The standard InChI is InChI=1S/C12H18N2O2/c1-9-5-10(13-7-15)11(2,3)12(4,6-9)14-8-16/h9-10H,5-6H2,1-4H3. The highest BCUT2D eigenvalue weighted by Crippen LogP contribution is 2.49. The van der Waals surface area contributed by atoms with Crippen molar-refractivity contribution in [2.24, 2.45) is 21.3 Å². The number of aliphatic imine (C=N–C) groups is 2. The van der Waals surface area contributed by atoms with E-state index in [2.05, 4.69) is 16.9 Å². The van der Waals surface area contributed by atoms with Crippen molar-refractivity contribution >= 4 is 12.2 Å². The van der Waals surface area contributed by atoms with Crippen LogP contribution in [-0.4, -0.2) is 23.7 Å². The van der Waals surface area contributed by atoms with Gasteiger partial charge in [0.15, 0.2) is 0 Å². The van der Waals surface area contributed by atoms with Gasteiger partial charge in [-0.3, -0.25) is 0 Å². The number of isocyanates is 2. The highest BCUT2D eigenvalue weighted by molar-refractivity contribution is 5.37. The van der Waals surface area contributed by atoms with Gasteiger partial charge in [0.25, 0.3) is 0 Å². The third-order valence-corrected chi connectivity index (χ3v) is 4.09. The lowest BCUT2D eigenvalue weighted by molar-refractivity contribution is 0.0636. The summed E-state index contributed by atoms with van der Waals surface area (Å²) in [6.45, 7) is 8.00. The summed E-state index contributed by atoms with van der Waals surface area (Å²) in [5.41, 5.74) is -0.828. The summed E-state index contributed by atoms with van der Waals surface area (Å²) in [4.78, 5) is 28.8. The first-order valence-corrected chi connectivity index (χ1v) is 5.53. The molecule has 1 aliphatic carbocycles. The van der Waals surface area contributed by atoms with E-state index in [4.69, 9.17) is 0 Å². The number of rotatable bonds is 2. The summed E-state index contributed by atoms with van der Waals surface area (Å²) >= 11 is 0. The zero-order valence-electron chi connectivity index (χ0n) is 10.3. The van der Waals surface area contributed by atoms with Crippen LogP contribution in [0.15, 0.2) is 9.98 Å². The third-order valence-electron chi connectivity index (χ3n) is 4.09. The van der Waals surface area contributed by atoms with E-state index >= 15 is 0 Å². The highest BCUT2D eigenvalue weighted by Gasteiger charge is 2.51. The van der Waals surface area contributed by atoms with E-state index < -0.39 is 5.54 Å². The average Bonchev–Trinajstić information content (AvgIpc) is 2.15. The molecule has 1 aliphatic rings. The van der Waals surface area contributed by atoms with Crippen LogP contribution in [-0.2, 0) is 9.59 Å². The second-order valence-electron chi connectivity index (χ2n) is 5.48. The molecular weight excluding hydrogens is 204 g/mol. The minimum atomic E-state index is -0.503. The van der Waals surface area contributed by atoms with Crippen LogP contribution in [0.4, 0.5) is 0 Å². The van der Waals surface area contributed by atoms with E-state index in [0.717, 1.165) is 12.8 Å². The van der Waals surface area contributed by atoms with E-state index in [-0.39, 0.29) is 11.5 Å². The molecule has 3 atom stereocenters. The molecule has 0 N–H and O–H groups in total. The van der Waals surface area contributed by atoms with Gasteiger partial charge in [0.1, 0.15) is 0 Å². The van der Waals surface area contributed by atoms with Gasteiger partial charge in [-0.1, -0.05) is 20.8 Å². The first-order chi connectivity index (χ1) is 7.37. The van der Waals surface area contributed by atoms with Crippen LogP contribution in [0.25, 0.3) is 0 Å². The summed E-state index contributed by atoms with van der Waals surface area (Å²) in [5, 5.41) is 0. The molecule has 0 aromatic carbocycles. The van der Waals surface area contributed by atoms with E-state index in [0.29, 0.717) is 5.92 Å². The van der Waals surface area contributed by atoms with Crippen molar-refractivity contribution in [3.8, 4) is 0 Å². The molecule has 0 aliphatic heterocycles. The van der Waals surface area contributed by atoms with Crippen LogP contribution in [0.5, 0.6) is 0 Å². The Labute approximate surface area is 95.9 Å². The summed E-state index contributed by atoms with van der Waals surface area (Å²) < 4.78 is 0. The van der Waals surface area contributed by atoms with E-state index in [1.165, 1.54) is 0 Å². The van der Waals surface area contributed by atoms with E-state index in [1.807, 2.05) is 20.8 Å². The molecule has 1 rings (SSSR count). The van der Waals surface area contributed by atoms with Crippen molar-refractivity contribution in [2.45, 2.75) is 52.1 Å². The van der Waals surface area contributed by atoms with Crippen LogP contribution >= 0.6 is 0 Å². The molecular formula is C12H18N2O2. The van der Waals surface area contributed by atoms with Crippen molar-refractivity contribution in [1.82, 2.24) is 0 Å². The van der Waals surface area contributed by atoms with Crippen LogP contribution in [0.2, 0.25) is 0 Å². The van der Waals surface area contributed by atoms with Gasteiger partial charge in [0.2, 0.25) is 12.2 Å². The maximum Gasteiger partial charge on any atom is 0.235 e. The van der Waals surface area contributed by atoms with Crippen LogP contribution in [0.1, 0.15) is 40.5 Å². The fourth-order valence-electron chi connectivity index (χ4n) is 2.63. The van der Waals surface area contributed by atoms with Gasteiger partial charge in [-0.25, -0.2) is 14.6 Å². The summed E-state index contributed by atoms with van der Waals surface area (Å²) in [5.74, 6) is 0.386. The Balaban J connectivity index is 3.18. The monoisotopic (exact) mass is 222 g/mol. The van der Waals surface area contributed by atoms with Gasteiger partial charge in [-0.15, -0.1) is 0 Å². The van der Waals surface area contributed by atoms with Gasteiger partial charge >= 0.3 is 0 Å². The SMILES string of the molecule is CC1CC(N=C=O)C(C)(C)C(C)(N=C=O)C1. The summed E-state index contributed by atoms with van der Waals surface area (Å²) in [7, 11) is 0. The van der Waals surface area contributed by atoms with Gasteiger partial charge in [0, 0.05) is 5.41 Å². The molecule has 16 heavy (non-hydrogen) atoms. The summed E-state index contributed by atoms with van der Waals surface area (Å²) in [6, 6.07) is -0.129. The van der Waals surface area contributed by atoms with E-state index in [1.54, 1.807) is 12.2 Å². The molecule has 0 aromatic rings. The number of nitrogens with zero attached hydrogens (tertiary/aromatic N) is 2. The van der Waals surface area contributed by atoms with E-state index in [9.17, 15) is 9.59 Å². The zero-order chi connectivity index (χ0) is 12.4. The third kappa shape index (κ3) is 1.99. The Bertz CT molecular complexity index is 365. The zero-order valence-corrected chi connectivity index (χ0v) is 10.3. The lowest BCUT2D eigenvalue weighted by Gasteiger charge is -2.49. The predicted molar refractivity (Wildman–Crippen MR) is 60.6 cm³/mol. The Hall–Kier alpha value is -1.24. The molecule has 0 heterocycles. The van der Waals surface area contributed by atoms with Crippen LogP contribution < -0.4 is 0 Å². The molecule has 0 amide bonds. The highest BCUT2D eigenvalue weighted by atomic mass is 16.1. The largest absolute Gasteiger partial charge is 0.235 e. The lowest BCUT2D eigenvalue weighted by Crippen LogP contribution is -2.52. The minimum Gasteiger partial charge on any atom is -0.211 e. The first-order valence-electron chi connectivity index (χ1n) is 5.53. The minimum absolute atomic E-state index is 0.129. The van der Waals surface area contributed by atoms with Gasteiger partial charge in [0.05, 0.1) is 11.6 Å². The molecule has 0 spiro atoms. The molecule has 1 fully saturated rings. The van der Waals surface area contributed by atoms with Crippen molar-refractivity contribution in [1.29, 1.82) is 0 Å². The Morgan fingerprint density at radius 3 is 2.31 bits per heavy atom. The summed E-state index contributed by atoms with van der Waals surface area (Å²) in [6.07, 6.45) is 4.94. The smallest absolute Gasteiger partial charge is 0.211 e. The van der Waals surface area contributed by atoms with Gasteiger partial charge in [-0.05, 0) is 25.7 Å².